The van der Waals surface area contributed by atoms with Crippen molar-refractivity contribution in [2.45, 2.75) is 51.6 Å². The van der Waals surface area contributed by atoms with Crippen molar-refractivity contribution in [3.63, 3.8) is 0 Å². The van der Waals surface area contributed by atoms with Crippen LogP contribution in [0.15, 0.2) is 0 Å². The fourth-order valence-corrected chi connectivity index (χ4v) is 0.983. The average molecular weight is 312 g/mol. The second-order valence-electron chi connectivity index (χ2n) is 5.01. The van der Waals surface area contributed by atoms with E-state index >= 15 is 0 Å². The highest BCUT2D eigenvalue weighted by atomic mass is 19.4. The second kappa shape index (κ2) is 5.77. The van der Waals surface area contributed by atoms with Gasteiger partial charge in [-0.2, -0.15) is 30.7 Å². The second-order valence-corrected chi connectivity index (χ2v) is 5.01. The van der Waals surface area contributed by atoms with Crippen LogP contribution in [0, 0.1) is 5.41 Å². The van der Waals surface area contributed by atoms with Crippen molar-refractivity contribution in [3.05, 3.63) is 0 Å². The van der Waals surface area contributed by atoms with Crippen LogP contribution < -0.4 is 0 Å². The van der Waals surface area contributed by atoms with Crippen molar-refractivity contribution in [3.8, 4) is 0 Å². The van der Waals surface area contributed by atoms with Crippen molar-refractivity contribution in [1.29, 1.82) is 0 Å². The first kappa shape index (κ1) is 19.0. The SMILES string of the molecule is CCC(C)(C)C(=O)OCC(F)(F)C(F)(F)CC(F)(F)F. The number of carbonyl (C=O) groups is 1. The van der Waals surface area contributed by atoms with Crippen LogP contribution in [0.5, 0.6) is 0 Å². The maximum atomic E-state index is 13.1. The van der Waals surface area contributed by atoms with Gasteiger partial charge in [0.2, 0.25) is 0 Å². The van der Waals surface area contributed by atoms with Crippen LogP contribution in [0.25, 0.3) is 0 Å². The van der Waals surface area contributed by atoms with E-state index in [4.69, 9.17) is 0 Å². The number of hydrogen-bond acceptors (Lipinski definition) is 2. The number of hydrogen-bond donors (Lipinski definition) is 0. The highest BCUT2D eigenvalue weighted by Crippen LogP contribution is 2.42. The molecular weight excluding hydrogens is 297 g/mol. The number of rotatable bonds is 6. The molecule has 20 heavy (non-hydrogen) atoms. The van der Waals surface area contributed by atoms with Gasteiger partial charge in [0.1, 0.15) is 6.42 Å². The molecule has 0 N–H and O–H groups in total. The van der Waals surface area contributed by atoms with Gasteiger partial charge in [0.25, 0.3) is 0 Å². The summed E-state index contributed by atoms with van der Waals surface area (Å²) in [6.45, 7) is 2.11. The number of ether oxygens (including phenoxy) is 1. The van der Waals surface area contributed by atoms with E-state index in [0.29, 0.717) is 0 Å². The Kier molecular flexibility index (Phi) is 5.47. The van der Waals surface area contributed by atoms with E-state index in [1.54, 1.807) is 0 Å². The van der Waals surface area contributed by atoms with Gasteiger partial charge in [-0.05, 0) is 20.3 Å². The molecule has 0 aliphatic carbocycles. The van der Waals surface area contributed by atoms with Gasteiger partial charge in [-0.1, -0.05) is 6.92 Å². The van der Waals surface area contributed by atoms with Gasteiger partial charge in [0, 0.05) is 0 Å². The molecule has 0 spiro atoms. The number of carbonyl (C=O) groups excluding carboxylic acids is 1. The van der Waals surface area contributed by atoms with Gasteiger partial charge in [0.15, 0.2) is 6.61 Å². The molecular formula is C11H15F7O2. The third-order valence-electron chi connectivity index (χ3n) is 2.78. The molecule has 0 aliphatic rings. The Hall–Kier alpha value is -1.02. The third-order valence-corrected chi connectivity index (χ3v) is 2.78. The summed E-state index contributed by atoms with van der Waals surface area (Å²) in [6, 6.07) is 0. The molecule has 0 radical (unpaired) electrons. The number of alkyl halides is 7. The minimum absolute atomic E-state index is 0.191. The lowest BCUT2D eigenvalue weighted by molar-refractivity contribution is -0.275. The molecule has 0 aromatic rings. The summed E-state index contributed by atoms with van der Waals surface area (Å²) in [7, 11) is 0. The van der Waals surface area contributed by atoms with Gasteiger partial charge in [-0.25, -0.2) is 0 Å². The summed E-state index contributed by atoms with van der Waals surface area (Å²) in [5.41, 5.74) is -1.19. The molecule has 120 valence electrons. The molecule has 0 aliphatic heterocycles. The smallest absolute Gasteiger partial charge is 0.395 e. The van der Waals surface area contributed by atoms with Gasteiger partial charge in [-0.15, -0.1) is 0 Å². The Balaban J connectivity index is 4.79. The first-order valence-corrected chi connectivity index (χ1v) is 5.64. The van der Waals surface area contributed by atoms with Crippen LogP contribution >= 0.6 is 0 Å². The quantitative estimate of drug-likeness (QED) is 0.543. The molecule has 9 heteroatoms. The molecule has 0 bridgehead atoms. The normalized spacial score (nSPS) is 14.3. The number of esters is 1. The average Bonchev–Trinajstić information content (AvgIpc) is 2.22. The summed E-state index contributed by atoms with van der Waals surface area (Å²) < 4.78 is 91.3. The largest absolute Gasteiger partial charge is 0.459 e. The van der Waals surface area contributed by atoms with E-state index in [1.165, 1.54) is 20.8 Å². The summed E-state index contributed by atoms with van der Waals surface area (Å²) in [5, 5.41) is 0. The summed E-state index contributed by atoms with van der Waals surface area (Å²) in [5.74, 6) is -11.6. The van der Waals surface area contributed by atoms with Crippen molar-refractivity contribution in [1.82, 2.24) is 0 Å². The van der Waals surface area contributed by atoms with Gasteiger partial charge < -0.3 is 4.74 Å². The Morgan fingerprint density at radius 1 is 0.950 bits per heavy atom. The van der Waals surface area contributed by atoms with Gasteiger partial charge >= 0.3 is 24.0 Å². The lowest BCUT2D eigenvalue weighted by atomic mass is 9.91. The lowest BCUT2D eigenvalue weighted by Gasteiger charge is -2.28. The molecule has 0 aromatic heterocycles. The van der Waals surface area contributed by atoms with Crippen LogP contribution in [0.3, 0.4) is 0 Å². The first-order chi connectivity index (χ1) is 8.65. The van der Waals surface area contributed by atoms with E-state index in [1.807, 2.05) is 0 Å². The van der Waals surface area contributed by atoms with Crippen molar-refractivity contribution < 1.29 is 40.3 Å². The van der Waals surface area contributed by atoms with Crippen LogP contribution in [0.2, 0.25) is 0 Å². The predicted octanol–water partition coefficient (Wildman–Crippen LogP) is 4.19. The zero-order chi connectivity index (χ0) is 16.4. The van der Waals surface area contributed by atoms with E-state index in [9.17, 15) is 35.5 Å². The fourth-order valence-electron chi connectivity index (χ4n) is 0.983. The van der Waals surface area contributed by atoms with Gasteiger partial charge in [0.05, 0.1) is 5.41 Å². The van der Waals surface area contributed by atoms with Crippen LogP contribution in [-0.4, -0.2) is 30.6 Å². The number of halogens is 7. The highest BCUT2D eigenvalue weighted by Gasteiger charge is 2.61. The van der Waals surface area contributed by atoms with Crippen LogP contribution in [0.4, 0.5) is 30.7 Å². The molecule has 0 saturated carbocycles. The molecule has 0 rings (SSSR count). The standard InChI is InChI=1S/C11H15F7O2/c1-4-8(2,3)7(19)20-6-10(14,15)9(12,13)5-11(16,17)18/h4-6H2,1-3H3. The minimum atomic E-state index is -5.46. The molecule has 0 saturated heterocycles. The minimum Gasteiger partial charge on any atom is -0.459 e. The topological polar surface area (TPSA) is 26.3 Å². The zero-order valence-electron chi connectivity index (χ0n) is 11.1. The zero-order valence-corrected chi connectivity index (χ0v) is 11.1. The maximum absolute atomic E-state index is 13.1. The molecule has 0 fully saturated rings. The Morgan fingerprint density at radius 3 is 1.75 bits per heavy atom. The monoisotopic (exact) mass is 312 g/mol. The molecule has 0 unspecified atom stereocenters. The van der Waals surface area contributed by atoms with E-state index < -0.39 is 42.4 Å². The highest BCUT2D eigenvalue weighted by molar-refractivity contribution is 5.75. The summed E-state index contributed by atoms with van der Waals surface area (Å²) >= 11 is 0. The molecule has 0 atom stereocenters. The van der Waals surface area contributed by atoms with Crippen molar-refractivity contribution in [2.24, 2.45) is 5.41 Å². The van der Waals surface area contributed by atoms with Crippen LogP contribution in [0.1, 0.15) is 33.6 Å². The van der Waals surface area contributed by atoms with Gasteiger partial charge in [-0.3, -0.25) is 4.79 Å². The molecule has 0 aromatic carbocycles. The maximum Gasteiger partial charge on any atom is 0.395 e. The molecule has 2 nitrogen and oxygen atoms in total. The van der Waals surface area contributed by atoms with Crippen molar-refractivity contribution >= 4 is 5.97 Å². The van der Waals surface area contributed by atoms with E-state index in [0.717, 1.165) is 0 Å². The Bertz CT molecular complexity index is 347. The van der Waals surface area contributed by atoms with E-state index in [-0.39, 0.29) is 6.42 Å². The molecule has 0 heterocycles. The Morgan fingerprint density at radius 2 is 1.40 bits per heavy atom. The van der Waals surface area contributed by atoms with E-state index in [2.05, 4.69) is 4.74 Å². The first-order valence-electron chi connectivity index (χ1n) is 5.64. The third kappa shape index (κ3) is 5.16. The Labute approximate surface area is 111 Å². The fraction of sp³-hybridized carbons (Fsp3) is 0.909. The van der Waals surface area contributed by atoms with Crippen LogP contribution in [-0.2, 0) is 9.53 Å². The van der Waals surface area contributed by atoms with Crippen molar-refractivity contribution in [2.75, 3.05) is 6.61 Å². The molecule has 0 amide bonds. The summed E-state index contributed by atoms with van der Waals surface area (Å²) in [6.07, 6.45) is -8.25. The summed E-state index contributed by atoms with van der Waals surface area (Å²) in [4.78, 5) is 11.3. The lowest BCUT2D eigenvalue weighted by Crippen LogP contribution is -2.48. The predicted molar refractivity (Wildman–Crippen MR) is 55.6 cm³/mol.